The van der Waals surface area contributed by atoms with Crippen molar-refractivity contribution in [2.24, 2.45) is 0 Å². The Morgan fingerprint density at radius 3 is 2.65 bits per heavy atom. The first kappa shape index (κ1) is 15.1. The van der Waals surface area contributed by atoms with Gasteiger partial charge in [-0.25, -0.2) is 0 Å². The van der Waals surface area contributed by atoms with Crippen LogP contribution in [0.4, 0.5) is 0 Å². The predicted octanol–water partition coefficient (Wildman–Crippen LogP) is 1.61. The quantitative estimate of drug-likeness (QED) is 0.787. The molecule has 0 spiro atoms. The standard InChI is InChI=1S/C13H28N2OS/c1-5-12-10-14-13(4,6-2)11-15(12)8-9-17(16)7-3/h12,14H,5-11H2,1-4H3. The average Bonchev–Trinajstić information content (AvgIpc) is 2.36. The molecule has 0 aromatic heterocycles. The first-order valence-corrected chi connectivity index (χ1v) is 8.37. The van der Waals surface area contributed by atoms with Crippen LogP contribution < -0.4 is 5.32 Å². The van der Waals surface area contributed by atoms with Gasteiger partial charge in [-0.1, -0.05) is 20.8 Å². The number of hydrogen-bond donors (Lipinski definition) is 1. The highest BCUT2D eigenvalue weighted by Crippen LogP contribution is 2.20. The van der Waals surface area contributed by atoms with Crippen molar-refractivity contribution in [3.8, 4) is 0 Å². The summed E-state index contributed by atoms with van der Waals surface area (Å²) in [6.07, 6.45) is 2.32. The lowest BCUT2D eigenvalue weighted by molar-refractivity contribution is 0.0882. The van der Waals surface area contributed by atoms with Gasteiger partial charge in [-0.05, 0) is 19.8 Å². The van der Waals surface area contributed by atoms with E-state index in [-0.39, 0.29) is 5.54 Å². The second-order valence-corrected chi connectivity index (χ2v) is 7.13. The van der Waals surface area contributed by atoms with Crippen molar-refractivity contribution in [3.63, 3.8) is 0 Å². The van der Waals surface area contributed by atoms with Gasteiger partial charge < -0.3 is 5.32 Å². The molecule has 0 saturated carbocycles. The Hall–Kier alpha value is 0.0700. The molecular formula is C13H28N2OS. The summed E-state index contributed by atoms with van der Waals surface area (Å²) in [6, 6.07) is 0.614. The Kier molecular flexibility index (Phi) is 6.10. The fraction of sp³-hybridized carbons (Fsp3) is 1.00. The van der Waals surface area contributed by atoms with E-state index in [0.717, 1.165) is 37.6 Å². The van der Waals surface area contributed by atoms with E-state index in [1.807, 2.05) is 6.92 Å². The van der Waals surface area contributed by atoms with Crippen LogP contribution in [-0.2, 0) is 10.8 Å². The van der Waals surface area contributed by atoms with Crippen LogP contribution in [0.1, 0.15) is 40.5 Å². The molecule has 0 amide bonds. The van der Waals surface area contributed by atoms with Gasteiger partial charge in [0, 0.05) is 53.5 Å². The molecule has 1 heterocycles. The highest BCUT2D eigenvalue weighted by molar-refractivity contribution is 7.84. The average molecular weight is 260 g/mol. The minimum atomic E-state index is -0.634. The highest BCUT2D eigenvalue weighted by atomic mass is 32.2. The molecule has 0 aromatic carbocycles. The van der Waals surface area contributed by atoms with Crippen molar-refractivity contribution < 1.29 is 4.21 Å². The summed E-state index contributed by atoms with van der Waals surface area (Å²) in [5.74, 6) is 1.61. The van der Waals surface area contributed by atoms with Crippen LogP contribution in [0.5, 0.6) is 0 Å². The lowest BCUT2D eigenvalue weighted by Gasteiger charge is -2.46. The van der Waals surface area contributed by atoms with Crippen molar-refractivity contribution in [2.45, 2.75) is 52.1 Å². The smallest absolute Gasteiger partial charge is 0.0362 e. The maximum Gasteiger partial charge on any atom is 0.0362 e. The normalized spacial score (nSPS) is 32.6. The molecule has 3 atom stereocenters. The second kappa shape index (κ2) is 6.86. The topological polar surface area (TPSA) is 32.3 Å². The minimum Gasteiger partial charge on any atom is -0.309 e. The molecule has 0 radical (unpaired) electrons. The third-order valence-corrected chi connectivity index (χ3v) is 5.29. The Bertz CT molecular complexity index is 260. The fourth-order valence-corrected chi connectivity index (χ4v) is 3.12. The Labute approximate surface area is 109 Å². The Balaban J connectivity index is 2.54. The van der Waals surface area contributed by atoms with Gasteiger partial charge in [0.05, 0.1) is 0 Å². The molecule has 1 N–H and O–H groups in total. The predicted molar refractivity (Wildman–Crippen MR) is 75.9 cm³/mol. The summed E-state index contributed by atoms with van der Waals surface area (Å²) in [6.45, 7) is 11.9. The molecule has 1 fully saturated rings. The van der Waals surface area contributed by atoms with Crippen LogP contribution in [0.25, 0.3) is 0 Å². The van der Waals surface area contributed by atoms with Crippen LogP contribution in [0.15, 0.2) is 0 Å². The van der Waals surface area contributed by atoms with Crippen LogP contribution >= 0.6 is 0 Å². The van der Waals surface area contributed by atoms with Gasteiger partial charge in [-0.3, -0.25) is 9.11 Å². The van der Waals surface area contributed by atoms with E-state index in [1.165, 1.54) is 6.42 Å². The van der Waals surface area contributed by atoms with Crippen molar-refractivity contribution in [2.75, 3.05) is 31.1 Å². The van der Waals surface area contributed by atoms with Gasteiger partial charge in [0.1, 0.15) is 0 Å². The van der Waals surface area contributed by atoms with E-state index in [4.69, 9.17) is 0 Å². The summed E-state index contributed by atoms with van der Waals surface area (Å²) in [5, 5.41) is 3.66. The molecule has 0 aromatic rings. The number of rotatable bonds is 6. The first-order valence-electron chi connectivity index (χ1n) is 6.88. The van der Waals surface area contributed by atoms with E-state index in [9.17, 15) is 4.21 Å². The van der Waals surface area contributed by atoms with Gasteiger partial charge in [0.15, 0.2) is 0 Å². The molecule has 1 saturated heterocycles. The molecule has 3 unspecified atom stereocenters. The molecule has 1 rings (SSSR count). The summed E-state index contributed by atoms with van der Waals surface area (Å²) >= 11 is 0. The minimum absolute atomic E-state index is 0.235. The first-order chi connectivity index (χ1) is 8.04. The SMILES string of the molecule is CCC1CNC(C)(CC)CN1CCS(=O)CC. The van der Waals surface area contributed by atoms with Crippen molar-refractivity contribution in [1.82, 2.24) is 10.2 Å². The Morgan fingerprint density at radius 1 is 1.41 bits per heavy atom. The van der Waals surface area contributed by atoms with E-state index in [2.05, 4.69) is 31.0 Å². The molecule has 102 valence electrons. The third-order valence-electron chi connectivity index (χ3n) is 4.01. The fourth-order valence-electron chi connectivity index (χ4n) is 2.39. The van der Waals surface area contributed by atoms with Crippen molar-refractivity contribution in [1.29, 1.82) is 0 Å². The summed E-state index contributed by atoms with van der Waals surface area (Å²) < 4.78 is 11.5. The van der Waals surface area contributed by atoms with Gasteiger partial charge in [-0.2, -0.15) is 0 Å². The zero-order chi connectivity index (χ0) is 12.9. The van der Waals surface area contributed by atoms with Crippen molar-refractivity contribution in [3.05, 3.63) is 0 Å². The van der Waals surface area contributed by atoms with E-state index < -0.39 is 10.8 Å². The number of piperazine rings is 1. The lowest BCUT2D eigenvalue weighted by atomic mass is 9.93. The highest BCUT2D eigenvalue weighted by Gasteiger charge is 2.33. The van der Waals surface area contributed by atoms with Gasteiger partial charge in [-0.15, -0.1) is 0 Å². The van der Waals surface area contributed by atoms with Crippen LogP contribution in [0, 0.1) is 0 Å². The zero-order valence-corrected chi connectivity index (χ0v) is 12.6. The van der Waals surface area contributed by atoms with E-state index in [1.54, 1.807) is 0 Å². The number of nitrogens with one attached hydrogen (secondary N) is 1. The van der Waals surface area contributed by atoms with Gasteiger partial charge in [0.2, 0.25) is 0 Å². The molecular weight excluding hydrogens is 232 g/mol. The summed E-state index contributed by atoms with van der Waals surface area (Å²) in [4.78, 5) is 2.54. The van der Waals surface area contributed by atoms with Crippen molar-refractivity contribution >= 4 is 10.8 Å². The molecule has 0 bridgehead atoms. The maximum absolute atomic E-state index is 11.5. The maximum atomic E-state index is 11.5. The lowest BCUT2D eigenvalue weighted by Crippen LogP contribution is -2.62. The largest absolute Gasteiger partial charge is 0.309 e. The van der Waals surface area contributed by atoms with Crippen LogP contribution in [-0.4, -0.2) is 51.8 Å². The van der Waals surface area contributed by atoms with Crippen LogP contribution in [0.3, 0.4) is 0 Å². The molecule has 3 nitrogen and oxygen atoms in total. The molecule has 4 heteroatoms. The van der Waals surface area contributed by atoms with E-state index in [0.29, 0.717) is 6.04 Å². The monoisotopic (exact) mass is 260 g/mol. The molecule has 1 aliphatic heterocycles. The van der Waals surface area contributed by atoms with Gasteiger partial charge in [0.25, 0.3) is 0 Å². The molecule has 17 heavy (non-hydrogen) atoms. The number of hydrogen-bond acceptors (Lipinski definition) is 3. The second-order valence-electron chi connectivity index (χ2n) is 5.26. The molecule has 0 aliphatic carbocycles. The third kappa shape index (κ3) is 4.34. The molecule has 1 aliphatic rings. The van der Waals surface area contributed by atoms with Gasteiger partial charge >= 0.3 is 0 Å². The van der Waals surface area contributed by atoms with Crippen LogP contribution in [0.2, 0.25) is 0 Å². The van der Waals surface area contributed by atoms with E-state index >= 15 is 0 Å². The summed E-state index contributed by atoms with van der Waals surface area (Å²) in [5.41, 5.74) is 0.235. The zero-order valence-electron chi connectivity index (χ0n) is 11.8. The Morgan fingerprint density at radius 2 is 2.12 bits per heavy atom. The number of nitrogens with zero attached hydrogens (tertiary/aromatic N) is 1. The summed E-state index contributed by atoms with van der Waals surface area (Å²) in [7, 11) is -0.634.